The van der Waals surface area contributed by atoms with Gasteiger partial charge in [0, 0.05) is 18.3 Å². The molecule has 100 valence electrons. The maximum atomic E-state index is 11.1. The molecule has 2 aromatic rings. The quantitative estimate of drug-likeness (QED) is 0.760. The normalized spacial score (nSPS) is 10.9. The van der Waals surface area contributed by atoms with Gasteiger partial charge in [0.05, 0.1) is 5.56 Å². The summed E-state index contributed by atoms with van der Waals surface area (Å²) >= 11 is 0. The van der Waals surface area contributed by atoms with E-state index in [9.17, 15) is 4.79 Å². The molecule has 0 saturated carbocycles. The zero-order valence-corrected chi connectivity index (χ0v) is 11.8. The number of carbonyl (C=O) groups excluding carboxylic acids is 1. The number of benzene rings is 1. The first-order chi connectivity index (χ1) is 9.15. The largest absolute Gasteiger partial charge is 0.298 e. The van der Waals surface area contributed by atoms with Crippen molar-refractivity contribution in [1.82, 2.24) is 9.78 Å². The molecule has 19 heavy (non-hydrogen) atoms. The number of aldehydes is 1. The first kappa shape index (κ1) is 13.5. The number of aryl methyl sites for hydroxylation is 1. The van der Waals surface area contributed by atoms with E-state index < -0.39 is 0 Å². The average Bonchev–Trinajstić information content (AvgIpc) is 2.82. The van der Waals surface area contributed by atoms with Gasteiger partial charge in [0.15, 0.2) is 6.29 Å². The van der Waals surface area contributed by atoms with Gasteiger partial charge < -0.3 is 0 Å². The fourth-order valence-corrected chi connectivity index (χ4v) is 2.12. The Morgan fingerprint density at radius 2 is 1.95 bits per heavy atom. The third kappa shape index (κ3) is 2.92. The summed E-state index contributed by atoms with van der Waals surface area (Å²) in [5, 5.41) is 4.50. The summed E-state index contributed by atoms with van der Waals surface area (Å²) in [5.41, 5.74) is 3.73. The first-order valence-corrected chi connectivity index (χ1v) is 6.78. The molecule has 0 aliphatic carbocycles. The second-order valence-electron chi connectivity index (χ2n) is 5.09. The fraction of sp³-hybridized carbons (Fsp3) is 0.375. The van der Waals surface area contributed by atoms with Crippen LogP contribution in [-0.2, 0) is 6.54 Å². The molecule has 0 aliphatic heterocycles. The lowest BCUT2D eigenvalue weighted by Crippen LogP contribution is -1.96. The van der Waals surface area contributed by atoms with Gasteiger partial charge in [-0.3, -0.25) is 9.48 Å². The van der Waals surface area contributed by atoms with Crippen molar-refractivity contribution < 1.29 is 4.79 Å². The fourth-order valence-electron chi connectivity index (χ4n) is 2.12. The molecule has 0 aliphatic rings. The molecular weight excluding hydrogens is 236 g/mol. The first-order valence-electron chi connectivity index (χ1n) is 6.78. The van der Waals surface area contributed by atoms with Crippen molar-refractivity contribution in [2.75, 3.05) is 0 Å². The molecule has 0 unspecified atom stereocenters. The Bertz CT molecular complexity index is 553. The Morgan fingerprint density at radius 1 is 1.26 bits per heavy atom. The summed E-state index contributed by atoms with van der Waals surface area (Å²) in [6.45, 7) is 7.27. The third-order valence-electron chi connectivity index (χ3n) is 3.22. The van der Waals surface area contributed by atoms with Crippen LogP contribution in [0.4, 0.5) is 0 Å². The van der Waals surface area contributed by atoms with Crippen LogP contribution in [0.25, 0.3) is 11.3 Å². The number of rotatable bonds is 5. The number of aromatic nitrogens is 2. The van der Waals surface area contributed by atoms with Gasteiger partial charge in [-0.1, -0.05) is 45.0 Å². The molecule has 0 amide bonds. The van der Waals surface area contributed by atoms with E-state index in [1.165, 1.54) is 5.56 Å². The van der Waals surface area contributed by atoms with E-state index in [0.717, 1.165) is 30.5 Å². The van der Waals surface area contributed by atoms with Crippen LogP contribution in [0, 0.1) is 0 Å². The minimum Gasteiger partial charge on any atom is -0.298 e. The third-order valence-corrected chi connectivity index (χ3v) is 3.22. The summed E-state index contributed by atoms with van der Waals surface area (Å²) in [7, 11) is 0. The monoisotopic (exact) mass is 256 g/mol. The number of carbonyl (C=O) groups is 1. The zero-order chi connectivity index (χ0) is 13.8. The Morgan fingerprint density at radius 3 is 2.47 bits per heavy atom. The van der Waals surface area contributed by atoms with Crippen LogP contribution in [0.2, 0.25) is 0 Å². The molecule has 0 N–H and O–H groups in total. The number of hydrogen-bond donors (Lipinski definition) is 0. The smallest absolute Gasteiger partial charge is 0.153 e. The van der Waals surface area contributed by atoms with E-state index in [2.05, 4.69) is 38.0 Å². The minimum absolute atomic E-state index is 0.511. The molecule has 1 aromatic heterocycles. The van der Waals surface area contributed by atoms with Crippen LogP contribution in [0.15, 0.2) is 30.5 Å². The Balaban J connectivity index is 2.37. The zero-order valence-electron chi connectivity index (χ0n) is 11.8. The van der Waals surface area contributed by atoms with E-state index in [1.807, 2.05) is 23.0 Å². The summed E-state index contributed by atoms with van der Waals surface area (Å²) in [4.78, 5) is 11.1. The van der Waals surface area contributed by atoms with E-state index in [-0.39, 0.29) is 0 Å². The lowest BCUT2D eigenvalue weighted by atomic mass is 10.00. The maximum Gasteiger partial charge on any atom is 0.153 e. The van der Waals surface area contributed by atoms with Gasteiger partial charge in [0.2, 0.25) is 0 Å². The topological polar surface area (TPSA) is 34.9 Å². The molecule has 1 heterocycles. The minimum atomic E-state index is 0.511. The van der Waals surface area contributed by atoms with Crippen LogP contribution in [0.1, 0.15) is 49.0 Å². The van der Waals surface area contributed by atoms with Gasteiger partial charge in [0.1, 0.15) is 5.69 Å². The van der Waals surface area contributed by atoms with Crippen molar-refractivity contribution in [3.8, 4) is 11.3 Å². The van der Waals surface area contributed by atoms with Gasteiger partial charge in [0.25, 0.3) is 0 Å². The molecular formula is C16H20N2O. The van der Waals surface area contributed by atoms with Crippen LogP contribution < -0.4 is 0 Å². The Labute approximate surface area is 114 Å². The van der Waals surface area contributed by atoms with Gasteiger partial charge in [-0.15, -0.1) is 0 Å². The van der Waals surface area contributed by atoms with E-state index in [0.29, 0.717) is 11.5 Å². The van der Waals surface area contributed by atoms with E-state index in [4.69, 9.17) is 0 Å². The van der Waals surface area contributed by atoms with Gasteiger partial charge in [-0.2, -0.15) is 5.10 Å². The highest BCUT2D eigenvalue weighted by Crippen LogP contribution is 2.23. The van der Waals surface area contributed by atoms with E-state index in [1.54, 1.807) is 0 Å². The van der Waals surface area contributed by atoms with Crippen LogP contribution in [0.3, 0.4) is 0 Å². The van der Waals surface area contributed by atoms with E-state index >= 15 is 0 Å². The lowest BCUT2D eigenvalue weighted by molar-refractivity contribution is 0.112. The van der Waals surface area contributed by atoms with Crippen molar-refractivity contribution in [3.05, 3.63) is 41.6 Å². The Hall–Kier alpha value is -1.90. The molecule has 0 saturated heterocycles. The van der Waals surface area contributed by atoms with Gasteiger partial charge in [-0.25, -0.2) is 0 Å². The molecule has 3 heteroatoms. The highest BCUT2D eigenvalue weighted by Gasteiger charge is 2.10. The van der Waals surface area contributed by atoms with Crippen LogP contribution in [0.5, 0.6) is 0 Å². The second-order valence-corrected chi connectivity index (χ2v) is 5.09. The highest BCUT2D eigenvalue weighted by molar-refractivity contribution is 5.85. The number of hydrogen-bond acceptors (Lipinski definition) is 2. The predicted octanol–water partition coefficient (Wildman–Crippen LogP) is 3.90. The number of nitrogens with zero attached hydrogens (tertiary/aromatic N) is 2. The summed E-state index contributed by atoms with van der Waals surface area (Å²) < 4.78 is 1.84. The molecule has 0 bridgehead atoms. The van der Waals surface area contributed by atoms with Crippen molar-refractivity contribution in [2.45, 2.75) is 39.7 Å². The molecule has 0 atom stereocenters. The average molecular weight is 256 g/mol. The molecule has 2 rings (SSSR count). The molecule has 3 nitrogen and oxygen atoms in total. The Kier molecular flexibility index (Phi) is 4.15. The summed E-state index contributed by atoms with van der Waals surface area (Å²) in [5.74, 6) is 0.511. The highest BCUT2D eigenvalue weighted by atomic mass is 16.1. The van der Waals surface area contributed by atoms with Crippen molar-refractivity contribution in [3.63, 3.8) is 0 Å². The van der Waals surface area contributed by atoms with Crippen molar-refractivity contribution in [1.29, 1.82) is 0 Å². The summed E-state index contributed by atoms with van der Waals surface area (Å²) in [6.07, 6.45) is 3.71. The molecule has 0 radical (unpaired) electrons. The standard InChI is InChI=1S/C16H20N2O/c1-4-9-18-10-15(11-19)16(17-18)14-7-5-13(6-8-14)12(2)3/h5-8,10-12H,4,9H2,1-3H3. The van der Waals surface area contributed by atoms with Crippen LogP contribution >= 0.6 is 0 Å². The maximum absolute atomic E-state index is 11.1. The lowest BCUT2D eigenvalue weighted by Gasteiger charge is -2.06. The van der Waals surface area contributed by atoms with Crippen molar-refractivity contribution in [2.24, 2.45) is 0 Å². The van der Waals surface area contributed by atoms with Crippen molar-refractivity contribution >= 4 is 6.29 Å². The molecule has 0 spiro atoms. The molecule has 1 aromatic carbocycles. The van der Waals surface area contributed by atoms with Crippen LogP contribution in [-0.4, -0.2) is 16.1 Å². The summed E-state index contributed by atoms with van der Waals surface area (Å²) in [6, 6.07) is 8.29. The second kappa shape index (κ2) is 5.83. The molecule has 0 fully saturated rings. The predicted molar refractivity (Wildman–Crippen MR) is 77.4 cm³/mol. The van der Waals surface area contributed by atoms with Gasteiger partial charge in [-0.05, 0) is 17.9 Å². The SMILES string of the molecule is CCCn1cc(C=O)c(-c2ccc(C(C)C)cc2)n1. The van der Waals surface area contributed by atoms with Gasteiger partial charge >= 0.3 is 0 Å².